The average molecular weight is 230 g/mol. The van der Waals surface area contributed by atoms with Crippen LogP contribution in [0.4, 0.5) is 0 Å². The van der Waals surface area contributed by atoms with Crippen molar-refractivity contribution in [3.63, 3.8) is 0 Å². The summed E-state index contributed by atoms with van der Waals surface area (Å²) in [5.74, 6) is -0.333. The molecular formula is C12H22O4. The van der Waals surface area contributed by atoms with Crippen molar-refractivity contribution in [2.75, 3.05) is 13.2 Å². The van der Waals surface area contributed by atoms with Crippen molar-refractivity contribution < 1.29 is 19.1 Å². The molecular weight excluding hydrogens is 208 g/mol. The van der Waals surface area contributed by atoms with Gasteiger partial charge < -0.3 is 14.3 Å². The minimum absolute atomic E-state index is 0.00491. The van der Waals surface area contributed by atoms with Gasteiger partial charge in [-0.2, -0.15) is 0 Å². The van der Waals surface area contributed by atoms with Crippen molar-refractivity contribution in [3.8, 4) is 0 Å². The first-order chi connectivity index (χ1) is 7.45. The van der Waals surface area contributed by atoms with Crippen LogP contribution >= 0.6 is 0 Å². The lowest BCUT2D eigenvalue weighted by Gasteiger charge is -2.19. The van der Waals surface area contributed by atoms with Gasteiger partial charge in [0, 0.05) is 13.0 Å². The molecule has 0 saturated heterocycles. The maximum absolute atomic E-state index is 11.2. The molecule has 0 bridgehead atoms. The highest BCUT2D eigenvalue weighted by Gasteiger charge is 2.15. The Bertz CT molecular complexity index is 206. The van der Waals surface area contributed by atoms with Gasteiger partial charge in [-0.3, -0.25) is 0 Å². The highest BCUT2D eigenvalue weighted by Crippen LogP contribution is 2.07. The Morgan fingerprint density at radius 1 is 1.19 bits per heavy atom. The van der Waals surface area contributed by atoms with E-state index in [4.69, 9.17) is 9.47 Å². The van der Waals surface area contributed by atoms with Gasteiger partial charge in [0.15, 0.2) is 0 Å². The summed E-state index contributed by atoms with van der Waals surface area (Å²) < 4.78 is 10.2. The van der Waals surface area contributed by atoms with E-state index in [0.717, 1.165) is 25.5 Å². The molecule has 0 radical (unpaired) electrons. The molecule has 16 heavy (non-hydrogen) atoms. The number of esters is 1. The molecule has 94 valence electrons. The molecule has 0 unspecified atom stereocenters. The molecule has 0 aromatic heterocycles. The van der Waals surface area contributed by atoms with Gasteiger partial charge in [-0.25, -0.2) is 4.79 Å². The first kappa shape index (κ1) is 15.1. The monoisotopic (exact) mass is 230 g/mol. The normalized spacial score (nSPS) is 11.2. The summed E-state index contributed by atoms with van der Waals surface area (Å²) in [6.45, 7) is 6.02. The van der Waals surface area contributed by atoms with Crippen LogP contribution < -0.4 is 0 Å². The van der Waals surface area contributed by atoms with Crippen LogP contribution in [0.2, 0.25) is 0 Å². The molecule has 0 aromatic carbocycles. The molecule has 0 fully saturated rings. The van der Waals surface area contributed by atoms with E-state index >= 15 is 0 Å². The van der Waals surface area contributed by atoms with Crippen molar-refractivity contribution in [1.29, 1.82) is 0 Å². The molecule has 0 aliphatic heterocycles. The number of unbranched alkanes of at least 4 members (excludes halogenated alkanes) is 3. The summed E-state index contributed by atoms with van der Waals surface area (Å²) in [6.07, 6.45) is 4.23. The van der Waals surface area contributed by atoms with Crippen LogP contribution in [0.3, 0.4) is 0 Å². The third kappa shape index (κ3) is 11.2. The molecule has 0 rings (SSSR count). The van der Waals surface area contributed by atoms with Crippen molar-refractivity contribution in [1.82, 2.24) is 0 Å². The summed E-state index contributed by atoms with van der Waals surface area (Å²) in [5.41, 5.74) is -0.454. The van der Waals surface area contributed by atoms with Gasteiger partial charge in [-0.05, 0) is 33.6 Å². The Hall–Kier alpha value is -0.900. The number of aldehydes is 1. The summed E-state index contributed by atoms with van der Waals surface area (Å²) in [7, 11) is 0. The highest BCUT2D eigenvalue weighted by molar-refractivity contribution is 5.71. The van der Waals surface area contributed by atoms with Crippen LogP contribution in [0.25, 0.3) is 0 Å². The SMILES string of the molecule is CC(C)(C)OC(=O)COCCCCCC=O. The van der Waals surface area contributed by atoms with Crippen LogP contribution in [0.15, 0.2) is 0 Å². The van der Waals surface area contributed by atoms with Crippen molar-refractivity contribution >= 4 is 12.3 Å². The maximum Gasteiger partial charge on any atom is 0.332 e. The summed E-state index contributed by atoms with van der Waals surface area (Å²) in [4.78, 5) is 21.2. The lowest BCUT2D eigenvalue weighted by molar-refractivity contribution is -0.160. The molecule has 4 nitrogen and oxygen atoms in total. The van der Waals surface area contributed by atoms with Crippen LogP contribution in [0, 0.1) is 0 Å². The van der Waals surface area contributed by atoms with E-state index in [-0.39, 0.29) is 12.6 Å². The van der Waals surface area contributed by atoms with Gasteiger partial charge in [0.25, 0.3) is 0 Å². The minimum Gasteiger partial charge on any atom is -0.458 e. The third-order valence-corrected chi connectivity index (χ3v) is 1.75. The first-order valence-corrected chi connectivity index (χ1v) is 5.69. The zero-order valence-electron chi connectivity index (χ0n) is 10.5. The first-order valence-electron chi connectivity index (χ1n) is 5.69. The maximum atomic E-state index is 11.2. The van der Waals surface area contributed by atoms with E-state index in [1.165, 1.54) is 0 Å². The lowest BCUT2D eigenvalue weighted by atomic mass is 10.2. The molecule has 0 aromatic rings. The summed E-state index contributed by atoms with van der Waals surface area (Å²) in [5, 5.41) is 0. The number of hydrogen-bond acceptors (Lipinski definition) is 4. The van der Waals surface area contributed by atoms with Gasteiger partial charge in [-0.1, -0.05) is 6.42 Å². The standard InChI is InChI=1S/C12H22O4/c1-12(2,3)16-11(14)10-15-9-7-5-4-6-8-13/h8H,4-7,9-10H2,1-3H3. The number of carbonyl (C=O) groups excluding carboxylic acids is 2. The predicted molar refractivity (Wildman–Crippen MR) is 61.2 cm³/mol. The van der Waals surface area contributed by atoms with E-state index in [1.807, 2.05) is 20.8 Å². The van der Waals surface area contributed by atoms with Crippen LogP contribution in [-0.4, -0.2) is 31.1 Å². The summed E-state index contributed by atoms with van der Waals surface area (Å²) >= 11 is 0. The Morgan fingerprint density at radius 3 is 2.44 bits per heavy atom. The van der Waals surface area contributed by atoms with E-state index in [9.17, 15) is 9.59 Å². The van der Waals surface area contributed by atoms with Gasteiger partial charge >= 0.3 is 5.97 Å². The number of hydrogen-bond donors (Lipinski definition) is 0. The van der Waals surface area contributed by atoms with Crippen LogP contribution in [-0.2, 0) is 19.1 Å². The second-order valence-electron chi connectivity index (χ2n) is 4.66. The fourth-order valence-corrected chi connectivity index (χ4v) is 1.14. The van der Waals surface area contributed by atoms with Crippen molar-refractivity contribution in [2.45, 2.75) is 52.1 Å². The number of rotatable bonds is 8. The topological polar surface area (TPSA) is 52.6 Å². The average Bonchev–Trinajstić information content (AvgIpc) is 2.13. The van der Waals surface area contributed by atoms with Crippen LogP contribution in [0.5, 0.6) is 0 Å². The highest BCUT2D eigenvalue weighted by atomic mass is 16.6. The quantitative estimate of drug-likeness (QED) is 0.364. The van der Waals surface area contributed by atoms with E-state index in [0.29, 0.717) is 13.0 Å². The van der Waals surface area contributed by atoms with Crippen molar-refractivity contribution in [3.05, 3.63) is 0 Å². The van der Waals surface area contributed by atoms with Crippen LogP contribution in [0.1, 0.15) is 46.5 Å². The predicted octanol–water partition coefficient (Wildman–Crippen LogP) is 2.10. The molecule has 0 spiro atoms. The molecule has 0 atom stereocenters. The molecule has 0 amide bonds. The molecule has 0 N–H and O–H groups in total. The number of carbonyl (C=O) groups is 2. The largest absolute Gasteiger partial charge is 0.458 e. The zero-order valence-corrected chi connectivity index (χ0v) is 10.5. The molecule has 0 aliphatic rings. The zero-order chi connectivity index (χ0) is 12.4. The fraction of sp³-hybridized carbons (Fsp3) is 0.833. The van der Waals surface area contributed by atoms with Gasteiger partial charge in [-0.15, -0.1) is 0 Å². The minimum atomic E-state index is -0.454. The van der Waals surface area contributed by atoms with Gasteiger partial charge in [0.05, 0.1) is 0 Å². The smallest absolute Gasteiger partial charge is 0.332 e. The fourth-order valence-electron chi connectivity index (χ4n) is 1.14. The van der Waals surface area contributed by atoms with Gasteiger partial charge in [0.2, 0.25) is 0 Å². The van der Waals surface area contributed by atoms with E-state index < -0.39 is 5.60 Å². The Labute approximate surface area is 97.3 Å². The lowest BCUT2D eigenvalue weighted by Crippen LogP contribution is -2.26. The molecule has 0 saturated carbocycles. The molecule has 0 aliphatic carbocycles. The van der Waals surface area contributed by atoms with E-state index in [2.05, 4.69) is 0 Å². The number of ether oxygens (including phenoxy) is 2. The third-order valence-electron chi connectivity index (χ3n) is 1.75. The molecule has 0 heterocycles. The van der Waals surface area contributed by atoms with Gasteiger partial charge in [0.1, 0.15) is 18.5 Å². The second kappa shape index (κ2) is 8.28. The Balaban J connectivity index is 3.31. The molecule has 4 heteroatoms. The Morgan fingerprint density at radius 2 is 1.88 bits per heavy atom. The van der Waals surface area contributed by atoms with Crippen molar-refractivity contribution in [2.24, 2.45) is 0 Å². The second-order valence-corrected chi connectivity index (χ2v) is 4.66. The van der Waals surface area contributed by atoms with E-state index in [1.54, 1.807) is 0 Å². The Kier molecular flexibility index (Phi) is 7.81. The summed E-state index contributed by atoms with van der Waals surface area (Å²) in [6, 6.07) is 0.